The Morgan fingerprint density at radius 3 is 2.78 bits per heavy atom. The monoisotopic (exact) mass is 412 g/mol. The Morgan fingerprint density at radius 2 is 2.22 bits per heavy atom. The molecule has 11 heteroatoms. The van der Waals surface area contributed by atoms with Crippen molar-refractivity contribution < 1.29 is 22.6 Å². The number of allylic oxidation sites excluding steroid dienone is 2. The Hall–Kier alpha value is -2.37. The third kappa shape index (κ3) is 4.49. The number of carbonyl (C=O) groups excluding carboxylic acids is 2. The smallest absolute Gasteiger partial charge is 0.326 e. The van der Waals surface area contributed by atoms with Crippen molar-refractivity contribution in [3.63, 3.8) is 0 Å². The van der Waals surface area contributed by atoms with Crippen molar-refractivity contribution in [3.05, 3.63) is 34.1 Å². The molecule has 1 aromatic rings. The molecule has 1 unspecified atom stereocenters. The first-order chi connectivity index (χ1) is 12.7. The molecule has 0 spiro atoms. The molecular weight excluding hydrogens is 392 g/mol. The summed E-state index contributed by atoms with van der Waals surface area (Å²) >= 11 is 1.15. The lowest BCUT2D eigenvalue weighted by Crippen LogP contribution is -2.53. The van der Waals surface area contributed by atoms with Gasteiger partial charge in [-0.25, -0.2) is 4.98 Å². The van der Waals surface area contributed by atoms with Gasteiger partial charge < -0.3 is 5.32 Å². The van der Waals surface area contributed by atoms with Crippen LogP contribution in [0.4, 0.5) is 0 Å². The number of hydrogen-bond acceptors (Lipinski definition) is 7. The zero-order chi connectivity index (χ0) is 20.2. The lowest BCUT2D eigenvalue weighted by molar-refractivity contribution is -0.136. The number of carbonyl (C=O) groups is 2. The van der Waals surface area contributed by atoms with E-state index in [4.69, 9.17) is 0 Å². The van der Waals surface area contributed by atoms with E-state index in [1.54, 1.807) is 13.3 Å². The van der Waals surface area contributed by atoms with Crippen LogP contribution in [0.1, 0.15) is 41.4 Å². The van der Waals surface area contributed by atoms with Gasteiger partial charge in [0.1, 0.15) is 9.88 Å². The summed E-state index contributed by atoms with van der Waals surface area (Å²) in [6.45, 7) is 3.67. The molecule has 146 valence electrons. The fraction of sp³-hybridized carbons (Fsp3) is 0.375. The number of nitrogens with zero attached hydrogens (tertiary/aromatic N) is 3. The second-order valence-corrected chi connectivity index (χ2v) is 7.92. The number of thiazole rings is 1. The molecule has 0 aliphatic carbocycles. The summed E-state index contributed by atoms with van der Waals surface area (Å²) in [6.07, 6.45) is 7.04. The standard InChI is InChI=1S/C16H20N4O5S2/c1-4-6-11-12(20(16(11)22)27(23,24)25)8-18-14(21)13-9-19-15(26-13)10(5-2)7-17-3/h5,7-9,11H,4,6H2,1-3H3,(H,18,21)(H,23,24,25)/b10-5+,12-8-,17-7-. The molecule has 9 nitrogen and oxygen atoms in total. The maximum atomic E-state index is 12.3. The molecule has 1 saturated heterocycles. The van der Waals surface area contributed by atoms with Gasteiger partial charge >= 0.3 is 10.3 Å². The van der Waals surface area contributed by atoms with Gasteiger partial charge in [0.2, 0.25) is 0 Å². The van der Waals surface area contributed by atoms with Crippen LogP contribution in [-0.2, 0) is 15.1 Å². The fourth-order valence-corrected chi connectivity index (χ4v) is 4.21. The van der Waals surface area contributed by atoms with E-state index in [0.717, 1.165) is 23.1 Å². The summed E-state index contributed by atoms with van der Waals surface area (Å²) in [4.78, 5) is 32.6. The molecule has 0 aromatic carbocycles. The van der Waals surface area contributed by atoms with Crippen molar-refractivity contribution in [1.82, 2.24) is 14.6 Å². The fourth-order valence-electron chi connectivity index (χ4n) is 2.55. The van der Waals surface area contributed by atoms with Gasteiger partial charge in [0, 0.05) is 25.0 Å². The van der Waals surface area contributed by atoms with Gasteiger partial charge in [0.15, 0.2) is 0 Å². The Kier molecular flexibility index (Phi) is 6.63. The summed E-state index contributed by atoms with van der Waals surface area (Å²) in [5.74, 6) is -1.89. The average molecular weight is 412 g/mol. The number of amides is 2. The summed E-state index contributed by atoms with van der Waals surface area (Å²) in [5.41, 5.74) is 0.805. The summed E-state index contributed by atoms with van der Waals surface area (Å²) in [7, 11) is -3.08. The molecule has 27 heavy (non-hydrogen) atoms. The molecule has 1 aromatic heterocycles. The number of aliphatic imine (C=N–C) groups is 1. The predicted octanol–water partition coefficient (Wildman–Crippen LogP) is 1.88. The second kappa shape index (κ2) is 8.55. The molecule has 1 fully saturated rings. The maximum Gasteiger partial charge on any atom is 0.366 e. The van der Waals surface area contributed by atoms with Crippen LogP contribution in [0.3, 0.4) is 0 Å². The molecular formula is C16H20N4O5S2. The zero-order valence-corrected chi connectivity index (χ0v) is 16.7. The maximum absolute atomic E-state index is 12.3. The van der Waals surface area contributed by atoms with E-state index in [2.05, 4.69) is 15.3 Å². The van der Waals surface area contributed by atoms with Crippen molar-refractivity contribution in [2.24, 2.45) is 10.9 Å². The normalized spacial score (nSPS) is 19.6. The Balaban J connectivity index is 2.19. The Labute approximate surface area is 161 Å². The highest BCUT2D eigenvalue weighted by atomic mass is 32.2. The first-order valence-electron chi connectivity index (χ1n) is 8.11. The highest BCUT2D eigenvalue weighted by Gasteiger charge is 2.48. The van der Waals surface area contributed by atoms with Crippen molar-refractivity contribution in [2.45, 2.75) is 26.7 Å². The lowest BCUT2D eigenvalue weighted by atomic mass is 9.92. The second-order valence-electron chi connectivity index (χ2n) is 5.63. The van der Waals surface area contributed by atoms with Crippen LogP contribution >= 0.6 is 11.3 Å². The Bertz CT molecular complexity index is 930. The van der Waals surface area contributed by atoms with Crippen LogP contribution in [0, 0.1) is 5.92 Å². The number of hydrogen-bond donors (Lipinski definition) is 2. The van der Waals surface area contributed by atoms with Crippen molar-refractivity contribution >= 4 is 45.2 Å². The van der Waals surface area contributed by atoms with Crippen LogP contribution in [0.15, 0.2) is 29.2 Å². The van der Waals surface area contributed by atoms with Gasteiger partial charge in [-0.15, -0.1) is 11.3 Å². The highest BCUT2D eigenvalue weighted by Crippen LogP contribution is 2.35. The van der Waals surface area contributed by atoms with Gasteiger partial charge in [0.25, 0.3) is 11.8 Å². The van der Waals surface area contributed by atoms with Crippen LogP contribution in [-0.4, -0.2) is 47.3 Å². The molecule has 0 bridgehead atoms. The van der Waals surface area contributed by atoms with E-state index in [0.29, 0.717) is 27.0 Å². The van der Waals surface area contributed by atoms with Crippen molar-refractivity contribution in [1.29, 1.82) is 0 Å². The summed E-state index contributed by atoms with van der Waals surface area (Å²) in [5, 5.41) is 3.08. The minimum Gasteiger partial charge on any atom is -0.326 e. The lowest BCUT2D eigenvalue weighted by Gasteiger charge is -2.38. The van der Waals surface area contributed by atoms with Crippen LogP contribution in [0.5, 0.6) is 0 Å². The van der Waals surface area contributed by atoms with Crippen molar-refractivity contribution in [3.8, 4) is 0 Å². The van der Waals surface area contributed by atoms with E-state index in [1.807, 2.05) is 19.9 Å². The molecule has 1 aliphatic heterocycles. The van der Waals surface area contributed by atoms with E-state index in [9.17, 15) is 22.6 Å². The van der Waals surface area contributed by atoms with Crippen LogP contribution < -0.4 is 5.32 Å². The average Bonchev–Trinajstić information content (AvgIpc) is 3.09. The van der Waals surface area contributed by atoms with Gasteiger partial charge in [-0.05, 0) is 13.3 Å². The molecule has 1 aliphatic rings. The molecule has 0 radical (unpaired) electrons. The molecule has 1 atom stereocenters. The van der Waals surface area contributed by atoms with E-state index >= 15 is 0 Å². The zero-order valence-electron chi connectivity index (χ0n) is 15.0. The van der Waals surface area contributed by atoms with Crippen LogP contribution in [0.2, 0.25) is 0 Å². The largest absolute Gasteiger partial charge is 0.366 e. The van der Waals surface area contributed by atoms with Crippen LogP contribution in [0.25, 0.3) is 5.57 Å². The number of β-lactam (4-membered cyclic amide) rings is 1. The topological polar surface area (TPSA) is 129 Å². The predicted molar refractivity (Wildman–Crippen MR) is 103 cm³/mol. The molecule has 2 rings (SSSR count). The quantitative estimate of drug-likeness (QED) is 0.400. The third-order valence-corrected chi connectivity index (χ3v) is 5.70. The SMILES string of the molecule is C/C=C(\C=N/C)c1ncc(C(=O)N/C=C2/C(CCC)C(=O)N2S(=O)(=O)O)s1. The first-order valence-corrected chi connectivity index (χ1v) is 10.3. The van der Waals surface area contributed by atoms with E-state index in [1.165, 1.54) is 6.20 Å². The summed E-state index contributed by atoms with van der Waals surface area (Å²) in [6, 6.07) is 0. The highest BCUT2D eigenvalue weighted by molar-refractivity contribution is 7.84. The molecule has 0 saturated carbocycles. The van der Waals surface area contributed by atoms with Gasteiger partial charge in [0.05, 0.1) is 17.8 Å². The summed E-state index contributed by atoms with van der Waals surface area (Å²) < 4.78 is 32.2. The van der Waals surface area contributed by atoms with Gasteiger partial charge in [-0.1, -0.05) is 19.4 Å². The molecule has 2 N–H and O–H groups in total. The number of rotatable bonds is 7. The van der Waals surface area contributed by atoms with Gasteiger partial charge in [-0.2, -0.15) is 12.7 Å². The van der Waals surface area contributed by atoms with E-state index in [-0.39, 0.29) is 5.70 Å². The minimum absolute atomic E-state index is 0.0368. The molecule has 2 heterocycles. The van der Waals surface area contributed by atoms with E-state index < -0.39 is 28.0 Å². The van der Waals surface area contributed by atoms with Gasteiger partial charge in [-0.3, -0.25) is 19.1 Å². The third-order valence-electron chi connectivity index (χ3n) is 3.80. The first kappa shape index (κ1) is 20.9. The molecule has 2 amide bonds. The minimum atomic E-state index is -4.71. The number of nitrogens with one attached hydrogen (secondary N) is 1. The number of aromatic nitrogens is 1. The van der Waals surface area contributed by atoms with Crippen molar-refractivity contribution in [2.75, 3.05) is 7.05 Å². The Morgan fingerprint density at radius 1 is 1.52 bits per heavy atom.